The van der Waals surface area contributed by atoms with Crippen molar-refractivity contribution in [2.45, 2.75) is 19.4 Å². The molecular formula is C18H19Cl2N3O. The highest BCUT2D eigenvalue weighted by molar-refractivity contribution is 6.35. The van der Waals surface area contributed by atoms with Crippen molar-refractivity contribution in [3.63, 3.8) is 0 Å². The Kier molecular flexibility index (Phi) is 5.61. The first kappa shape index (κ1) is 17.1. The first-order valence-corrected chi connectivity index (χ1v) is 8.59. The van der Waals surface area contributed by atoms with E-state index in [1.807, 2.05) is 30.3 Å². The van der Waals surface area contributed by atoms with Gasteiger partial charge in [-0.3, -0.25) is 0 Å². The number of fused-ring (bicyclic) bond motifs is 1. The number of aromatic amines is 1. The summed E-state index contributed by atoms with van der Waals surface area (Å²) in [7, 11) is 1.61. The minimum atomic E-state index is 0.532. The van der Waals surface area contributed by atoms with Crippen molar-refractivity contribution in [2.24, 2.45) is 0 Å². The van der Waals surface area contributed by atoms with Crippen LogP contribution in [0.2, 0.25) is 10.0 Å². The molecule has 126 valence electrons. The second kappa shape index (κ2) is 7.88. The lowest BCUT2D eigenvalue weighted by atomic mass is 10.2. The maximum absolute atomic E-state index is 6.14. The third kappa shape index (κ3) is 4.01. The van der Waals surface area contributed by atoms with Gasteiger partial charge in [0, 0.05) is 23.6 Å². The largest absolute Gasteiger partial charge is 0.495 e. The number of halogens is 2. The normalized spacial score (nSPS) is 11.1. The summed E-state index contributed by atoms with van der Waals surface area (Å²) in [5, 5.41) is 4.54. The summed E-state index contributed by atoms with van der Waals surface area (Å²) in [6.07, 6.45) is 1.88. The Hall–Kier alpha value is -1.75. The molecule has 4 nitrogen and oxygen atoms in total. The lowest BCUT2D eigenvalue weighted by Gasteiger charge is -2.11. The second-order valence-corrected chi connectivity index (χ2v) is 6.40. The molecule has 0 saturated carbocycles. The number of rotatable bonds is 7. The minimum Gasteiger partial charge on any atom is -0.495 e. The summed E-state index contributed by atoms with van der Waals surface area (Å²) in [4.78, 5) is 7.92. The Labute approximate surface area is 151 Å². The molecule has 24 heavy (non-hydrogen) atoms. The maximum atomic E-state index is 6.14. The van der Waals surface area contributed by atoms with E-state index in [4.69, 9.17) is 27.9 Å². The number of hydrogen-bond acceptors (Lipinski definition) is 3. The van der Waals surface area contributed by atoms with E-state index >= 15 is 0 Å². The highest BCUT2D eigenvalue weighted by atomic mass is 35.5. The van der Waals surface area contributed by atoms with Gasteiger partial charge in [0.2, 0.25) is 0 Å². The highest BCUT2D eigenvalue weighted by Crippen LogP contribution is 2.32. The number of methoxy groups -OCH3 is 1. The van der Waals surface area contributed by atoms with E-state index in [-0.39, 0.29) is 0 Å². The molecule has 0 radical (unpaired) electrons. The van der Waals surface area contributed by atoms with Gasteiger partial charge in [0.1, 0.15) is 11.6 Å². The molecule has 0 atom stereocenters. The molecule has 0 aliphatic heterocycles. The SMILES string of the molecule is COc1c(Cl)cc(Cl)cc1CNCCCc1nc2ccccc2[nH]1. The zero-order chi connectivity index (χ0) is 16.9. The fraction of sp³-hybridized carbons (Fsp3) is 0.278. The first-order chi connectivity index (χ1) is 11.7. The van der Waals surface area contributed by atoms with Crippen LogP contribution >= 0.6 is 23.2 Å². The van der Waals surface area contributed by atoms with Gasteiger partial charge < -0.3 is 15.0 Å². The number of hydrogen-bond donors (Lipinski definition) is 2. The van der Waals surface area contributed by atoms with Crippen LogP contribution in [0.15, 0.2) is 36.4 Å². The summed E-state index contributed by atoms with van der Waals surface area (Å²) in [5.74, 6) is 1.69. The van der Waals surface area contributed by atoms with Crippen molar-refractivity contribution in [3.8, 4) is 5.75 Å². The lowest BCUT2D eigenvalue weighted by molar-refractivity contribution is 0.408. The van der Waals surface area contributed by atoms with Gasteiger partial charge in [0.25, 0.3) is 0 Å². The third-order valence-electron chi connectivity index (χ3n) is 3.81. The average Bonchev–Trinajstić information content (AvgIpc) is 2.97. The summed E-state index contributed by atoms with van der Waals surface area (Å²) >= 11 is 12.2. The van der Waals surface area contributed by atoms with Crippen LogP contribution < -0.4 is 10.1 Å². The van der Waals surface area contributed by atoms with Crippen molar-refractivity contribution in [1.82, 2.24) is 15.3 Å². The number of imidazole rings is 1. The Morgan fingerprint density at radius 1 is 1.21 bits per heavy atom. The summed E-state index contributed by atoms with van der Waals surface area (Å²) in [6, 6.07) is 11.6. The van der Waals surface area contributed by atoms with E-state index in [2.05, 4.69) is 15.3 Å². The second-order valence-electron chi connectivity index (χ2n) is 5.56. The van der Waals surface area contributed by atoms with Gasteiger partial charge in [-0.15, -0.1) is 0 Å². The maximum Gasteiger partial charge on any atom is 0.142 e. The molecule has 0 fully saturated rings. The summed E-state index contributed by atoms with van der Waals surface area (Å²) in [5.41, 5.74) is 3.05. The molecule has 2 N–H and O–H groups in total. The lowest BCUT2D eigenvalue weighted by Crippen LogP contribution is -2.16. The molecule has 0 saturated heterocycles. The number of ether oxygens (including phenoxy) is 1. The Bertz CT molecular complexity index is 799. The van der Waals surface area contributed by atoms with Crippen LogP contribution in [0.4, 0.5) is 0 Å². The minimum absolute atomic E-state index is 0.532. The fourth-order valence-electron chi connectivity index (χ4n) is 2.70. The monoisotopic (exact) mass is 363 g/mol. The van der Waals surface area contributed by atoms with Crippen LogP contribution in [0.1, 0.15) is 17.8 Å². The van der Waals surface area contributed by atoms with Crippen molar-refractivity contribution in [3.05, 3.63) is 57.8 Å². The average molecular weight is 364 g/mol. The molecule has 0 bridgehead atoms. The van der Waals surface area contributed by atoms with Gasteiger partial charge in [-0.2, -0.15) is 0 Å². The number of nitrogens with one attached hydrogen (secondary N) is 2. The fourth-order valence-corrected chi connectivity index (χ4v) is 3.31. The molecular weight excluding hydrogens is 345 g/mol. The first-order valence-electron chi connectivity index (χ1n) is 7.83. The molecule has 0 spiro atoms. The predicted molar refractivity (Wildman–Crippen MR) is 99.1 cm³/mol. The smallest absolute Gasteiger partial charge is 0.142 e. The zero-order valence-electron chi connectivity index (χ0n) is 13.4. The Morgan fingerprint density at radius 2 is 2.04 bits per heavy atom. The third-order valence-corrected chi connectivity index (χ3v) is 4.31. The predicted octanol–water partition coefficient (Wildman–Crippen LogP) is 4.60. The Balaban J connectivity index is 1.50. The molecule has 3 rings (SSSR count). The molecule has 6 heteroatoms. The molecule has 0 unspecified atom stereocenters. The molecule has 0 aliphatic rings. The van der Waals surface area contributed by atoms with Crippen LogP contribution in [0.3, 0.4) is 0 Å². The Morgan fingerprint density at radius 3 is 2.83 bits per heavy atom. The van der Waals surface area contributed by atoms with E-state index < -0.39 is 0 Å². The van der Waals surface area contributed by atoms with Crippen LogP contribution in [-0.2, 0) is 13.0 Å². The van der Waals surface area contributed by atoms with Gasteiger partial charge in [-0.1, -0.05) is 35.3 Å². The van der Waals surface area contributed by atoms with Crippen LogP contribution in [-0.4, -0.2) is 23.6 Å². The van der Waals surface area contributed by atoms with Crippen LogP contribution in [0.5, 0.6) is 5.75 Å². The van der Waals surface area contributed by atoms with Crippen LogP contribution in [0.25, 0.3) is 11.0 Å². The molecule has 0 amide bonds. The van der Waals surface area contributed by atoms with Crippen LogP contribution in [0, 0.1) is 0 Å². The van der Waals surface area contributed by atoms with Crippen molar-refractivity contribution in [1.29, 1.82) is 0 Å². The van der Waals surface area contributed by atoms with E-state index in [0.29, 0.717) is 22.3 Å². The van der Waals surface area contributed by atoms with Gasteiger partial charge in [0.15, 0.2) is 0 Å². The van der Waals surface area contributed by atoms with Crippen molar-refractivity contribution >= 4 is 34.2 Å². The number of nitrogens with zero attached hydrogens (tertiary/aromatic N) is 1. The zero-order valence-corrected chi connectivity index (χ0v) is 14.9. The van der Waals surface area contributed by atoms with E-state index in [1.54, 1.807) is 13.2 Å². The molecule has 1 aromatic heterocycles. The standard InChI is InChI=1S/C18H19Cl2N3O/c1-24-18-12(9-13(19)10-14(18)20)11-21-8-4-7-17-22-15-5-2-3-6-16(15)23-17/h2-3,5-6,9-10,21H,4,7-8,11H2,1H3,(H,22,23). The van der Waals surface area contributed by atoms with E-state index in [0.717, 1.165) is 41.8 Å². The quantitative estimate of drug-likeness (QED) is 0.603. The van der Waals surface area contributed by atoms with Gasteiger partial charge in [-0.05, 0) is 37.2 Å². The van der Waals surface area contributed by atoms with Gasteiger partial charge >= 0.3 is 0 Å². The van der Waals surface area contributed by atoms with Gasteiger partial charge in [-0.25, -0.2) is 4.98 Å². The number of H-pyrrole nitrogens is 1. The summed E-state index contributed by atoms with van der Waals surface area (Å²) in [6.45, 7) is 1.52. The molecule has 3 aromatic rings. The topological polar surface area (TPSA) is 49.9 Å². The highest BCUT2D eigenvalue weighted by Gasteiger charge is 2.09. The van der Waals surface area contributed by atoms with E-state index in [1.165, 1.54) is 0 Å². The number of benzene rings is 2. The summed E-state index contributed by atoms with van der Waals surface area (Å²) < 4.78 is 5.35. The van der Waals surface area contributed by atoms with Crippen molar-refractivity contribution < 1.29 is 4.74 Å². The molecule has 2 aromatic carbocycles. The number of aromatic nitrogens is 2. The number of para-hydroxylation sites is 2. The number of aryl methyl sites for hydroxylation is 1. The van der Waals surface area contributed by atoms with E-state index in [9.17, 15) is 0 Å². The molecule has 1 heterocycles. The molecule has 0 aliphatic carbocycles. The van der Waals surface area contributed by atoms with Crippen molar-refractivity contribution in [2.75, 3.05) is 13.7 Å². The van der Waals surface area contributed by atoms with Gasteiger partial charge in [0.05, 0.1) is 23.2 Å².